The van der Waals surface area contributed by atoms with Gasteiger partial charge in [0.25, 0.3) is 0 Å². The Morgan fingerprint density at radius 3 is 1.54 bits per heavy atom. The van der Waals surface area contributed by atoms with Gasteiger partial charge in [0.05, 0.1) is 23.3 Å². The highest BCUT2D eigenvalue weighted by Gasteiger charge is 2.31. The molecular formula is C30H37F5O4. The second kappa shape index (κ2) is 16.9. The average Bonchev–Trinajstić information content (AvgIpc) is 2.93. The summed E-state index contributed by atoms with van der Waals surface area (Å²) in [5.74, 6) is -12.8. The van der Waals surface area contributed by atoms with Gasteiger partial charge >= 0.3 is 11.9 Å². The number of esters is 2. The van der Waals surface area contributed by atoms with Gasteiger partial charge in [-0.15, -0.1) is 0 Å². The van der Waals surface area contributed by atoms with Gasteiger partial charge in [-0.3, -0.25) is 0 Å². The third-order valence-electron chi connectivity index (χ3n) is 6.53. The minimum Gasteiger partial charge on any atom is -0.462 e. The molecule has 0 aliphatic rings. The maximum absolute atomic E-state index is 14.1. The average molecular weight is 557 g/mol. The standard InChI is InChI=1S/C30H37F5O4/c1-3-4-5-6-7-8-9-10-11-12-13-16-19-38-29(36)21-17-14-15-18-22(21)30(37)39-20(2)23-24(31)26(33)28(35)27(34)25(23)32/h14-15,17-18,20H,3-13,16,19H2,1-2H3. The summed E-state index contributed by atoms with van der Waals surface area (Å²) in [5, 5.41) is 0. The number of carbonyl (C=O) groups is 2. The van der Waals surface area contributed by atoms with Gasteiger partial charge in [-0.25, -0.2) is 31.5 Å². The lowest BCUT2D eigenvalue weighted by molar-refractivity contribution is 0.0307. The molecule has 0 spiro atoms. The van der Waals surface area contributed by atoms with Crippen molar-refractivity contribution in [1.82, 2.24) is 0 Å². The maximum atomic E-state index is 14.1. The van der Waals surface area contributed by atoms with Crippen LogP contribution in [0, 0.1) is 29.1 Å². The molecule has 0 aliphatic heterocycles. The van der Waals surface area contributed by atoms with Gasteiger partial charge in [0.15, 0.2) is 23.3 Å². The van der Waals surface area contributed by atoms with Crippen molar-refractivity contribution in [3.63, 3.8) is 0 Å². The number of carbonyl (C=O) groups excluding carboxylic acids is 2. The van der Waals surface area contributed by atoms with Crippen molar-refractivity contribution >= 4 is 11.9 Å². The van der Waals surface area contributed by atoms with E-state index in [4.69, 9.17) is 9.47 Å². The lowest BCUT2D eigenvalue weighted by Crippen LogP contribution is -2.18. The third kappa shape index (κ3) is 9.62. The first-order valence-corrected chi connectivity index (χ1v) is 13.7. The summed E-state index contributed by atoms with van der Waals surface area (Å²) in [4.78, 5) is 25.2. The lowest BCUT2D eigenvalue weighted by atomic mass is 10.1. The molecular weight excluding hydrogens is 519 g/mol. The Labute approximate surface area is 226 Å². The Morgan fingerprint density at radius 2 is 1.05 bits per heavy atom. The monoisotopic (exact) mass is 556 g/mol. The van der Waals surface area contributed by atoms with Crippen LogP contribution in [0.15, 0.2) is 24.3 Å². The summed E-state index contributed by atoms with van der Waals surface area (Å²) in [5.41, 5.74) is -1.68. The summed E-state index contributed by atoms with van der Waals surface area (Å²) in [6.07, 6.45) is 12.1. The number of benzene rings is 2. The summed E-state index contributed by atoms with van der Waals surface area (Å²) >= 11 is 0. The highest BCUT2D eigenvalue weighted by molar-refractivity contribution is 6.03. The normalized spacial score (nSPS) is 11.9. The van der Waals surface area contributed by atoms with Crippen LogP contribution in [0.5, 0.6) is 0 Å². The first-order chi connectivity index (χ1) is 18.7. The van der Waals surface area contributed by atoms with Crippen molar-refractivity contribution in [2.24, 2.45) is 0 Å². The van der Waals surface area contributed by atoms with Crippen molar-refractivity contribution in [2.45, 2.75) is 97.0 Å². The molecule has 2 aromatic carbocycles. The topological polar surface area (TPSA) is 52.6 Å². The zero-order valence-corrected chi connectivity index (χ0v) is 22.6. The van der Waals surface area contributed by atoms with E-state index in [-0.39, 0.29) is 17.7 Å². The molecule has 216 valence electrons. The molecule has 0 radical (unpaired) electrons. The number of ether oxygens (including phenoxy) is 2. The van der Waals surface area contributed by atoms with Crippen molar-refractivity contribution in [3.8, 4) is 0 Å². The van der Waals surface area contributed by atoms with Crippen LogP contribution in [0.3, 0.4) is 0 Å². The highest BCUT2D eigenvalue weighted by Crippen LogP contribution is 2.30. The quantitative estimate of drug-likeness (QED) is 0.0641. The van der Waals surface area contributed by atoms with E-state index < -0.39 is 52.7 Å². The van der Waals surface area contributed by atoms with Crippen LogP contribution in [-0.2, 0) is 9.47 Å². The Hall–Kier alpha value is -2.97. The molecule has 0 fully saturated rings. The van der Waals surface area contributed by atoms with Crippen LogP contribution in [-0.4, -0.2) is 18.5 Å². The van der Waals surface area contributed by atoms with E-state index in [1.54, 1.807) is 0 Å². The van der Waals surface area contributed by atoms with Crippen molar-refractivity contribution < 1.29 is 41.0 Å². The summed E-state index contributed by atoms with van der Waals surface area (Å²) in [6.45, 7) is 3.32. The molecule has 4 nitrogen and oxygen atoms in total. The van der Waals surface area contributed by atoms with E-state index in [1.165, 1.54) is 75.6 Å². The second-order valence-corrected chi connectivity index (χ2v) is 9.60. The van der Waals surface area contributed by atoms with Crippen LogP contribution in [0.1, 0.15) is 123 Å². The number of hydrogen-bond donors (Lipinski definition) is 0. The zero-order valence-electron chi connectivity index (χ0n) is 22.6. The Morgan fingerprint density at radius 1 is 0.641 bits per heavy atom. The first-order valence-electron chi connectivity index (χ1n) is 13.7. The smallest absolute Gasteiger partial charge is 0.339 e. The van der Waals surface area contributed by atoms with E-state index in [0.29, 0.717) is 6.42 Å². The number of rotatable bonds is 17. The molecule has 0 N–H and O–H groups in total. The maximum Gasteiger partial charge on any atom is 0.339 e. The Bertz CT molecular complexity index is 1060. The zero-order chi connectivity index (χ0) is 28.8. The summed E-state index contributed by atoms with van der Waals surface area (Å²) < 4.78 is 78.8. The molecule has 9 heteroatoms. The van der Waals surface area contributed by atoms with E-state index >= 15 is 0 Å². The Kier molecular flexibility index (Phi) is 14.0. The molecule has 0 amide bonds. The fourth-order valence-corrected chi connectivity index (χ4v) is 4.29. The van der Waals surface area contributed by atoms with Crippen LogP contribution < -0.4 is 0 Å². The van der Waals surface area contributed by atoms with Gasteiger partial charge < -0.3 is 9.47 Å². The van der Waals surface area contributed by atoms with Crippen molar-refractivity contribution in [3.05, 3.63) is 70.0 Å². The van der Waals surface area contributed by atoms with E-state index in [9.17, 15) is 31.5 Å². The van der Waals surface area contributed by atoms with Gasteiger partial charge in [-0.2, -0.15) is 0 Å². The number of hydrogen-bond acceptors (Lipinski definition) is 4. The van der Waals surface area contributed by atoms with Crippen LogP contribution in [0.4, 0.5) is 22.0 Å². The lowest BCUT2D eigenvalue weighted by Gasteiger charge is -2.17. The molecule has 39 heavy (non-hydrogen) atoms. The van der Waals surface area contributed by atoms with Crippen molar-refractivity contribution in [1.29, 1.82) is 0 Å². The largest absolute Gasteiger partial charge is 0.462 e. The minimum absolute atomic E-state index is 0.133. The second-order valence-electron chi connectivity index (χ2n) is 9.60. The minimum atomic E-state index is -2.31. The molecule has 0 saturated heterocycles. The fourth-order valence-electron chi connectivity index (χ4n) is 4.29. The molecule has 2 rings (SSSR count). The molecule has 0 heterocycles. The number of unbranched alkanes of at least 4 members (excludes halogenated alkanes) is 11. The summed E-state index contributed by atoms with van der Waals surface area (Å²) in [7, 11) is 0. The van der Waals surface area contributed by atoms with Crippen molar-refractivity contribution in [2.75, 3.05) is 6.61 Å². The van der Waals surface area contributed by atoms with E-state index in [1.807, 2.05) is 0 Å². The molecule has 0 aromatic heterocycles. The Balaban J connectivity index is 1.81. The predicted octanol–water partition coefficient (Wildman–Crippen LogP) is 9.16. The predicted molar refractivity (Wildman–Crippen MR) is 138 cm³/mol. The molecule has 0 bridgehead atoms. The van der Waals surface area contributed by atoms with Gasteiger partial charge in [0.2, 0.25) is 5.82 Å². The first kappa shape index (κ1) is 32.2. The highest BCUT2D eigenvalue weighted by atomic mass is 19.2. The molecule has 0 aliphatic carbocycles. The molecule has 1 atom stereocenters. The van der Waals surface area contributed by atoms with Gasteiger partial charge in [-0.1, -0.05) is 89.7 Å². The molecule has 0 saturated carbocycles. The number of halogens is 5. The van der Waals surface area contributed by atoms with Gasteiger partial charge in [-0.05, 0) is 25.5 Å². The van der Waals surface area contributed by atoms with Crippen LogP contribution >= 0.6 is 0 Å². The van der Waals surface area contributed by atoms with Gasteiger partial charge in [0.1, 0.15) is 6.10 Å². The fraction of sp³-hybridized carbons (Fsp3) is 0.533. The van der Waals surface area contributed by atoms with Gasteiger partial charge in [0, 0.05) is 0 Å². The SMILES string of the molecule is CCCCCCCCCCCCCCOC(=O)c1ccccc1C(=O)OC(C)c1c(F)c(F)c(F)c(F)c1F. The van der Waals surface area contributed by atoms with Crippen LogP contribution in [0.2, 0.25) is 0 Å². The molecule has 1 unspecified atom stereocenters. The van der Waals surface area contributed by atoms with E-state index in [2.05, 4.69) is 6.92 Å². The summed E-state index contributed by atoms with van der Waals surface area (Å²) in [6, 6.07) is 5.49. The van der Waals surface area contributed by atoms with E-state index in [0.717, 1.165) is 26.2 Å². The third-order valence-corrected chi connectivity index (χ3v) is 6.53. The molecule has 2 aromatic rings. The van der Waals surface area contributed by atoms with Crippen LogP contribution in [0.25, 0.3) is 0 Å².